The van der Waals surface area contributed by atoms with Crippen molar-refractivity contribution >= 4 is 23.0 Å². The molecule has 1 amide bonds. The molecule has 0 unspecified atom stereocenters. The van der Waals surface area contributed by atoms with Gasteiger partial charge in [0.05, 0.1) is 30.3 Å². The maximum atomic E-state index is 13.8. The molecule has 124 valence electrons. The van der Waals surface area contributed by atoms with Crippen molar-refractivity contribution < 1.29 is 18.3 Å². The summed E-state index contributed by atoms with van der Waals surface area (Å²) in [5.41, 5.74) is 1.46. The van der Waals surface area contributed by atoms with E-state index in [-0.39, 0.29) is 17.3 Å². The van der Waals surface area contributed by atoms with Gasteiger partial charge in [-0.05, 0) is 30.3 Å². The van der Waals surface area contributed by atoms with E-state index in [1.165, 1.54) is 30.3 Å². The van der Waals surface area contributed by atoms with Crippen LogP contribution in [0.4, 0.5) is 25.8 Å². The summed E-state index contributed by atoms with van der Waals surface area (Å²) in [5, 5.41) is 5.55. The molecule has 24 heavy (non-hydrogen) atoms. The molecule has 4 nitrogen and oxygen atoms in total. The first-order chi connectivity index (χ1) is 11.6. The molecule has 2 aromatic rings. The van der Waals surface area contributed by atoms with Crippen LogP contribution in [0.5, 0.6) is 0 Å². The fourth-order valence-electron chi connectivity index (χ4n) is 2.37. The zero-order valence-electron chi connectivity index (χ0n) is 12.8. The van der Waals surface area contributed by atoms with Crippen LogP contribution in [-0.4, -0.2) is 19.1 Å². The molecule has 1 aliphatic rings. The van der Waals surface area contributed by atoms with Crippen LogP contribution in [0, 0.1) is 11.6 Å². The summed E-state index contributed by atoms with van der Waals surface area (Å²) >= 11 is 0. The molecule has 3 rings (SSSR count). The number of rotatable bonds is 4. The lowest BCUT2D eigenvalue weighted by Crippen LogP contribution is -2.19. The zero-order chi connectivity index (χ0) is 16.9. The second kappa shape index (κ2) is 7.23. The highest BCUT2D eigenvalue weighted by Crippen LogP contribution is 2.28. The maximum absolute atomic E-state index is 13.8. The molecule has 6 heteroatoms. The van der Waals surface area contributed by atoms with Crippen molar-refractivity contribution in [3.8, 4) is 0 Å². The topological polar surface area (TPSA) is 50.4 Å². The minimum absolute atomic E-state index is 0.198. The number of carbonyl (C=O) groups is 1. The van der Waals surface area contributed by atoms with Gasteiger partial charge in [0.1, 0.15) is 11.6 Å². The van der Waals surface area contributed by atoms with E-state index in [0.717, 1.165) is 0 Å². The van der Waals surface area contributed by atoms with Crippen molar-refractivity contribution in [1.29, 1.82) is 0 Å². The number of hydrogen-bond acceptors (Lipinski definition) is 3. The molecule has 2 N–H and O–H groups in total. The first kappa shape index (κ1) is 16.1. The normalized spacial score (nSPS) is 14.0. The fraction of sp³-hybridized carbons (Fsp3) is 0.167. The number of carbonyl (C=O) groups excluding carboxylic acids is 1. The summed E-state index contributed by atoms with van der Waals surface area (Å²) in [6, 6.07) is 9.94. The number of nitrogens with one attached hydrogen (secondary N) is 2. The highest BCUT2D eigenvalue weighted by Gasteiger charge is 2.15. The van der Waals surface area contributed by atoms with E-state index in [1.807, 2.05) is 0 Å². The van der Waals surface area contributed by atoms with Gasteiger partial charge in [-0.1, -0.05) is 18.2 Å². The number of hydrogen-bond donors (Lipinski definition) is 2. The summed E-state index contributed by atoms with van der Waals surface area (Å²) in [6.07, 6.45) is 2.23. The highest BCUT2D eigenvalue weighted by atomic mass is 19.1. The van der Waals surface area contributed by atoms with Gasteiger partial charge in [-0.15, -0.1) is 0 Å². The summed E-state index contributed by atoms with van der Waals surface area (Å²) < 4.78 is 32.5. The number of ether oxygens (including phenoxy) is 1. The number of halogens is 2. The van der Waals surface area contributed by atoms with Gasteiger partial charge in [-0.2, -0.15) is 0 Å². The third-order valence-corrected chi connectivity index (χ3v) is 3.63. The summed E-state index contributed by atoms with van der Waals surface area (Å²) in [5.74, 6) is -1.23. The third-order valence-electron chi connectivity index (χ3n) is 3.63. The predicted octanol–water partition coefficient (Wildman–Crippen LogP) is 3.99. The number of benzene rings is 2. The maximum Gasteiger partial charge on any atom is 0.251 e. The minimum Gasteiger partial charge on any atom is -0.377 e. The summed E-state index contributed by atoms with van der Waals surface area (Å²) in [4.78, 5) is 12.3. The Morgan fingerprint density at radius 1 is 1.04 bits per heavy atom. The van der Waals surface area contributed by atoms with E-state index in [2.05, 4.69) is 10.6 Å². The lowest BCUT2D eigenvalue weighted by Gasteiger charge is -2.16. The Bertz CT molecular complexity index is 790. The fourth-order valence-corrected chi connectivity index (χ4v) is 2.37. The number of para-hydroxylation sites is 1. The second-order valence-corrected chi connectivity index (χ2v) is 5.30. The lowest BCUT2D eigenvalue weighted by molar-refractivity contribution is -0.113. The zero-order valence-corrected chi connectivity index (χ0v) is 12.8. The van der Waals surface area contributed by atoms with E-state index in [9.17, 15) is 13.6 Å². The molecule has 0 aliphatic carbocycles. The summed E-state index contributed by atoms with van der Waals surface area (Å²) in [7, 11) is 0. The van der Waals surface area contributed by atoms with Crippen molar-refractivity contribution in [1.82, 2.24) is 0 Å². The van der Waals surface area contributed by atoms with Gasteiger partial charge in [0, 0.05) is 12.0 Å². The van der Waals surface area contributed by atoms with E-state index in [4.69, 9.17) is 4.74 Å². The van der Waals surface area contributed by atoms with Crippen LogP contribution in [0.1, 0.15) is 6.42 Å². The quantitative estimate of drug-likeness (QED) is 0.891. The molecule has 0 radical (unpaired) electrons. The van der Waals surface area contributed by atoms with E-state index in [1.54, 1.807) is 18.2 Å². The predicted molar refractivity (Wildman–Crippen MR) is 88.2 cm³/mol. The Labute approximate surface area is 138 Å². The standard InChI is InChI=1S/C18H16F2N2O2/c19-13-5-6-16(22-18(23)12-7-9-24-10-8-12)17(11-13)21-15-4-2-1-3-14(15)20/h1-7,11,21H,8-10H2,(H,22,23). The minimum atomic E-state index is -0.489. The molecule has 0 fully saturated rings. The van der Waals surface area contributed by atoms with Crippen LogP contribution in [0.3, 0.4) is 0 Å². The Hall–Kier alpha value is -2.73. The molecule has 0 bridgehead atoms. The van der Waals surface area contributed by atoms with Crippen LogP contribution < -0.4 is 10.6 Å². The molecular formula is C18H16F2N2O2. The Morgan fingerprint density at radius 3 is 2.62 bits per heavy atom. The highest BCUT2D eigenvalue weighted by molar-refractivity contribution is 6.05. The average molecular weight is 330 g/mol. The number of anilines is 3. The molecule has 0 spiro atoms. The van der Waals surface area contributed by atoms with Gasteiger partial charge in [-0.25, -0.2) is 8.78 Å². The van der Waals surface area contributed by atoms with Gasteiger partial charge >= 0.3 is 0 Å². The van der Waals surface area contributed by atoms with Gasteiger partial charge in [-0.3, -0.25) is 4.79 Å². The van der Waals surface area contributed by atoms with Crippen LogP contribution in [0.25, 0.3) is 0 Å². The molecule has 0 saturated heterocycles. The molecule has 0 aromatic heterocycles. The third kappa shape index (κ3) is 3.78. The molecule has 1 heterocycles. The molecule has 0 atom stereocenters. The first-order valence-corrected chi connectivity index (χ1v) is 7.53. The lowest BCUT2D eigenvalue weighted by atomic mass is 10.1. The van der Waals surface area contributed by atoms with Crippen molar-refractivity contribution in [2.24, 2.45) is 0 Å². The van der Waals surface area contributed by atoms with E-state index in [0.29, 0.717) is 30.9 Å². The Morgan fingerprint density at radius 2 is 1.88 bits per heavy atom. The van der Waals surface area contributed by atoms with Crippen molar-refractivity contribution in [2.45, 2.75) is 6.42 Å². The Balaban J connectivity index is 1.84. The Kier molecular flexibility index (Phi) is 4.86. The number of amides is 1. The van der Waals surface area contributed by atoms with Crippen molar-refractivity contribution in [3.05, 3.63) is 65.7 Å². The average Bonchev–Trinajstić information content (AvgIpc) is 2.60. The van der Waals surface area contributed by atoms with Gasteiger partial charge in [0.2, 0.25) is 0 Å². The summed E-state index contributed by atoms with van der Waals surface area (Å²) in [6.45, 7) is 0.884. The first-order valence-electron chi connectivity index (χ1n) is 7.53. The molecule has 2 aromatic carbocycles. The van der Waals surface area contributed by atoms with E-state index >= 15 is 0 Å². The SMILES string of the molecule is O=C(Nc1ccc(F)cc1Nc1ccccc1F)C1=CCOCC1. The molecule has 1 aliphatic heterocycles. The van der Waals surface area contributed by atoms with Crippen LogP contribution >= 0.6 is 0 Å². The molecule has 0 saturated carbocycles. The monoisotopic (exact) mass is 330 g/mol. The smallest absolute Gasteiger partial charge is 0.251 e. The van der Waals surface area contributed by atoms with Gasteiger partial charge < -0.3 is 15.4 Å². The van der Waals surface area contributed by atoms with Crippen LogP contribution in [0.2, 0.25) is 0 Å². The van der Waals surface area contributed by atoms with Gasteiger partial charge in [0.25, 0.3) is 5.91 Å². The molecular weight excluding hydrogens is 314 g/mol. The van der Waals surface area contributed by atoms with Gasteiger partial charge in [0.15, 0.2) is 0 Å². The largest absolute Gasteiger partial charge is 0.377 e. The van der Waals surface area contributed by atoms with Crippen molar-refractivity contribution in [2.75, 3.05) is 23.8 Å². The second-order valence-electron chi connectivity index (χ2n) is 5.30. The van der Waals surface area contributed by atoms with Crippen LogP contribution in [0.15, 0.2) is 54.1 Å². The van der Waals surface area contributed by atoms with Crippen molar-refractivity contribution in [3.63, 3.8) is 0 Å². The van der Waals surface area contributed by atoms with Crippen LogP contribution in [-0.2, 0) is 9.53 Å². The van der Waals surface area contributed by atoms with E-state index < -0.39 is 11.6 Å².